The zero-order valence-electron chi connectivity index (χ0n) is 10.2. The second-order valence-electron chi connectivity index (χ2n) is 3.88. The number of hydrogen-bond acceptors (Lipinski definition) is 2. The van der Waals surface area contributed by atoms with E-state index in [2.05, 4.69) is 32.5 Å². The third-order valence-electron chi connectivity index (χ3n) is 2.30. The molecular weight excluding hydrogens is 312 g/mol. The molecule has 0 saturated heterocycles. The Morgan fingerprint density at radius 2 is 2.21 bits per heavy atom. The Morgan fingerprint density at radius 1 is 1.53 bits per heavy atom. The summed E-state index contributed by atoms with van der Waals surface area (Å²) in [5, 5.41) is 13.7. The molecule has 1 rings (SSSR count). The quantitative estimate of drug-likeness (QED) is 0.744. The van der Waals surface area contributed by atoms with Crippen LogP contribution in [0, 0.1) is 19.3 Å². The van der Waals surface area contributed by atoms with Gasteiger partial charge in [-0.1, -0.05) is 6.07 Å². The molecule has 0 aliphatic rings. The number of nitrogens with one attached hydrogen (secondary N) is 2. The predicted molar refractivity (Wildman–Crippen MR) is 75.9 cm³/mol. The molecule has 1 aromatic carbocycles. The lowest BCUT2D eigenvalue weighted by Crippen LogP contribution is -2.42. The van der Waals surface area contributed by atoms with Crippen molar-refractivity contribution in [1.82, 2.24) is 5.32 Å². The fourth-order valence-corrected chi connectivity index (χ4v) is 1.95. The molecular formula is C13H13BrN2O3. The summed E-state index contributed by atoms with van der Waals surface area (Å²) >= 11 is 3.31. The normalized spacial score (nSPS) is 11.2. The number of amides is 2. The average molecular weight is 325 g/mol. The molecule has 6 heteroatoms. The van der Waals surface area contributed by atoms with Gasteiger partial charge in [0.1, 0.15) is 6.04 Å². The van der Waals surface area contributed by atoms with Gasteiger partial charge >= 0.3 is 12.0 Å². The minimum absolute atomic E-state index is 0.0716. The van der Waals surface area contributed by atoms with Crippen LogP contribution < -0.4 is 10.6 Å². The summed E-state index contributed by atoms with van der Waals surface area (Å²) in [5.74, 6) is 1.03. The van der Waals surface area contributed by atoms with E-state index in [0.29, 0.717) is 10.2 Å². The average Bonchev–Trinajstić information content (AvgIpc) is 2.32. The first-order valence-electron chi connectivity index (χ1n) is 5.44. The van der Waals surface area contributed by atoms with Gasteiger partial charge < -0.3 is 15.7 Å². The van der Waals surface area contributed by atoms with Crippen LogP contribution in [0.15, 0.2) is 22.7 Å². The van der Waals surface area contributed by atoms with Gasteiger partial charge in [-0.15, -0.1) is 12.3 Å². The summed E-state index contributed by atoms with van der Waals surface area (Å²) in [7, 11) is 0. The summed E-state index contributed by atoms with van der Waals surface area (Å²) in [5.41, 5.74) is 1.58. The Hall–Kier alpha value is -2.00. The van der Waals surface area contributed by atoms with Crippen LogP contribution in [-0.4, -0.2) is 23.1 Å². The summed E-state index contributed by atoms with van der Waals surface area (Å²) in [6.07, 6.45) is 4.97. The Morgan fingerprint density at radius 3 is 2.74 bits per heavy atom. The molecule has 0 heterocycles. The van der Waals surface area contributed by atoms with Gasteiger partial charge in [0, 0.05) is 10.9 Å². The van der Waals surface area contributed by atoms with Crippen molar-refractivity contribution in [2.45, 2.75) is 19.4 Å². The largest absolute Gasteiger partial charge is 0.480 e. The lowest BCUT2D eigenvalue weighted by atomic mass is 10.2. The molecule has 0 spiro atoms. The Labute approximate surface area is 119 Å². The number of anilines is 1. The molecule has 0 bridgehead atoms. The molecule has 2 amide bonds. The van der Waals surface area contributed by atoms with Crippen molar-refractivity contribution in [3.05, 3.63) is 28.2 Å². The maximum absolute atomic E-state index is 11.7. The van der Waals surface area contributed by atoms with Gasteiger partial charge in [0.2, 0.25) is 0 Å². The van der Waals surface area contributed by atoms with E-state index in [1.807, 2.05) is 19.1 Å². The molecule has 0 fully saturated rings. The number of carboxylic acids is 1. The number of urea groups is 1. The third-order valence-corrected chi connectivity index (χ3v) is 2.95. The number of rotatable bonds is 4. The van der Waals surface area contributed by atoms with E-state index in [1.54, 1.807) is 6.07 Å². The molecule has 1 aromatic rings. The number of aliphatic carboxylic acids is 1. The number of carboxylic acid groups (broad SMARTS) is 1. The SMILES string of the molecule is C#CCC(NC(=O)Nc1ccc(C)cc1Br)C(=O)O. The first-order chi connectivity index (χ1) is 8.93. The van der Waals surface area contributed by atoms with Crippen molar-refractivity contribution < 1.29 is 14.7 Å². The second kappa shape index (κ2) is 6.81. The van der Waals surface area contributed by atoms with E-state index in [4.69, 9.17) is 11.5 Å². The highest BCUT2D eigenvalue weighted by Gasteiger charge is 2.18. The predicted octanol–water partition coefficient (Wildman–Crippen LogP) is 2.36. The number of halogens is 1. The van der Waals surface area contributed by atoms with Crippen molar-refractivity contribution in [1.29, 1.82) is 0 Å². The maximum atomic E-state index is 11.7. The van der Waals surface area contributed by atoms with Crippen LogP contribution in [0.2, 0.25) is 0 Å². The van der Waals surface area contributed by atoms with Gasteiger partial charge in [-0.05, 0) is 40.5 Å². The van der Waals surface area contributed by atoms with E-state index in [1.165, 1.54) is 0 Å². The van der Waals surface area contributed by atoms with E-state index in [-0.39, 0.29) is 6.42 Å². The zero-order valence-corrected chi connectivity index (χ0v) is 11.8. The highest BCUT2D eigenvalue weighted by Crippen LogP contribution is 2.23. The minimum atomic E-state index is -1.17. The van der Waals surface area contributed by atoms with Crippen LogP contribution in [-0.2, 0) is 4.79 Å². The summed E-state index contributed by atoms with van der Waals surface area (Å²) in [6.45, 7) is 1.92. The summed E-state index contributed by atoms with van der Waals surface area (Å²) in [4.78, 5) is 22.5. The maximum Gasteiger partial charge on any atom is 0.327 e. The van der Waals surface area contributed by atoms with Crippen molar-refractivity contribution in [2.75, 3.05) is 5.32 Å². The molecule has 5 nitrogen and oxygen atoms in total. The fraction of sp³-hybridized carbons (Fsp3) is 0.231. The van der Waals surface area contributed by atoms with Gasteiger partial charge in [0.05, 0.1) is 5.69 Å². The highest BCUT2D eigenvalue weighted by molar-refractivity contribution is 9.10. The molecule has 3 N–H and O–H groups in total. The summed E-state index contributed by atoms with van der Waals surface area (Å²) < 4.78 is 0.714. The molecule has 0 aromatic heterocycles. The van der Waals surface area contributed by atoms with E-state index in [0.717, 1.165) is 5.56 Å². The van der Waals surface area contributed by atoms with Crippen LogP contribution in [0.4, 0.5) is 10.5 Å². The number of benzene rings is 1. The minimum Gasteiger partial charge on any atom is -0.480 e. The van der Waals surface area contributed by atoms with Gasteiger partial charge in [-0.25, -0.2) is 9.59 Å². The topological polar surface area (TPSA) is 78.4 Å². The Kier molecular flexibility index (Phi) is 5.39. The van der Waals surface area contributed by atoms with E-state index in [9.17, 15) is 9.59 Å². The van der Waals surface area contributed by atoms with Gasteiger partial charge in [-0.2, -0.15) is 0 Å². The lowest BCUT2D eigenvalue weighted by molar-refractivity contribution is -0.139. The van der Waals surface area contributed by atoms with Crippen LogP contribution >= 0.6 is 15.9 Å². The van der Waals surface area contributed by atoms with Crippen LogP contribution in [0.25, 0.3) is 0 Å². The van der Waals surface area contributed by atoms with E-state index >= 15 is 0 Å². The molecule has 0 saturated carbocycles. The van der Waals surface area contributed by atoms with Crippen molar-refractivity contribution in [2.24, 2.45) is 0 Å². The standard InChI is InChI=1S/C13H13BrN2O3/c1-3-4-11(12(17)18)16-13(19)15-10-6-5-8(2)7-9(10)14/h1,5-7,11H,4H2,2H3,(H,17,18)(H2,15,16,19). The van der Waals surface area contributed by atoms with E-state index < -0.39 is 18.0 Å². The molecule has 0 aliphatic heterocycles. The van der Waals surface area contributed by atoms with Crippen LogP contribution in [0.3, 0.4) is 0 Å². The first kappa shape index (κ1) is 15.1. The summed E-state index contributed by atoms with van der Waals surface area (Å²) in [6, 6.07) is 3.67. The van der Waals surface area contributed by atoms with Crippen molar-refractivity contribution in [3.8, 4) is 12.3 Å². The molecule has 100 valence electrons. The zero-order chi connectivity index (χ0) is 14.4. The van der Waals surface area contributed by atoms with Crippen LogP contribution in [0.1, 0.15) is 12.0 Å². The Bertz CT molecular complexity index is 537. The number of terminal acetylenes is 1. The lowest BCUT2D eigenvalue weighted by Gasteiger charge is -2.13. The second-order valence-corrected chi connectivity index (χ2v) is 4.74. The number of hydrogen-bond donors (Lipinski definition) is 3. The van der Waals surface area contributed by atoms with Crippen LogP contribution in [0.5, 0.6) is 0 Å². The molecule has 0 aliphatic carbocycles. The molecule has 19 heavy (non-hydrogen) atoms. The van der Waals surface area contributed by atoms with Crippen molar-refractivity contribution >= 4 is 33.6 Å². The third kappa shape index (κ3) is 4.64. The van der Waals surface area contributed by atoms with Crippen molar-refractivity contribution in [3.63, 3.8) is 0 Å². The number of carbonyl (C=O) groups excluding carboxylic acids is 1. The monoisotopic (exact) mass is 324 g/mol. The fourth-order valence-electron chi connectivity index (χ4n) is 1.36. The smallest absolute Gasteiger partial charge is 0.327 e. The number of carbonyl (C=O) groups is 2. The molecule has 0 radical (unpaired) electrons. The first-order valence-corrected chi connectivity index (χ1v) is 6.23. The Balaban J connectivity index is 2.69. The molecule has 1 atom stereocenters. The van der Waals surface area contributed by atoms with Gasteiger partial charge in [0.25, 0.3) is 0 Å². The van der Waals surface area contributed by atoms with Gasteiger partial charge in [-0.3, -0.25) is 0 Å². The number of aryl methyl sites for hydroxylation is 1. The molecule has 1 unspecified atom stereocenters. The van der Waals surface area contributed by atoms with Gasteiger partial charge in [0.15, 0.2) is 0 Å². The highest BCUT2D eigenvalue weighted by atomic mass is 79.9.